The first kappa shape index (κ1) is 17.4. The predicted octanol–water partition coefficient (Wildman–Crippen LogP) is 3.81. The van der Waals surface area contributed by atoms with Gasteiger partial charge in [-0.15, -0.1) is 0 Å². The Bertz CT molecular complexity index is 433. The van der Waals surface area contributed by atoms with E-state index in [-0.39, 0.29) is 6.04 Å². The summed E-state index contributed by atoms with van der Waals surface area (Å²) in [6, 6.07) is 4.67. The second-order valence-corrected chi connectivity index (χ2v) is 7.25. The van der Waals surface area contributed by atoms with Crippen LogP contribution in [0, 0.1) is 20.8 Å². The molecular weight excluding hydrogens is 266 g/mol. The van der Waals surface area contributed by atoms with E-state index in [1.807, 2.05) is 0 Å². The molecule has 0 fully saturated rings. The van der Waals surface area contributed by atoms with Gasteiger partial charge >= 0.3 is 0 Å². The molecule has 2 nitrogen and oxygen atoms in total. The van der Waals surface area contributed by atoms with Gasteiger partial charge in [0.2, 0.25) is 0 Å². The molecule has 2 unspecified atom stereocenters. The first-order valence-electron chi connectivity index (χ1n) is 7.65. The van der Waals surface area contributed by atoms with Crippen molar-refractivity contribution in [3.05, 3.63) is 34.4 Å². The van der Waals surface area contributed by atoms with Crippen LogP contribution >= 0.6 is 0 Å². The topological polar surface area (TPSA) is 29.1 Å². The van der Waals surface area contributed by atoms with E-state index in [2.05, 4.69) is 52.1 Å². The molecule has 0 radical (unpaired) electrons. The molecule has 0 saturated heterocycles. The molecule has 114 valence electrons. The van der Waals surface area contributed by atoms with Gasteiger partial charge in [0.25, 0.3) is 0 Å². The van der Waals surface area contributed by atoms with Gasteiger partial charge in [0.15, 0.2) is 0 Å². The fraction of sp³-hybridized carbons (Fsp3) is 0.647. The van der Waals surface area contributed by atoms with Crippen molar-refractivity contribution >= 4 is 10.8 Å². The summed E-state index contributed by atoms with van der Waals surface area (Å²) in [7, 11) is -0.738. The monoisotopic (exact) mass is 295 g/mol. The van der Waals surface area contributed by atoms with Crippen LogP contribution in [0.3, 0.4) is 0 Å². The molecule has 0 amide bonds. The second kappa shape index (κ2) is 8.58. The largest absolute Gasteiger partial charge is 0.309 e. The van der Waals surface area contributed by atoms with Crippen LogP contribution in [0.1, 0.15) is 55.0 Å². The van der Waals surface area contributed by atoms with E-state index in [0.29, 0.717) is 0 Å². The molecule has 2 atom stereocenters. The van der Waals surface area contributed by atoms with Crippen molar-refractivity contribution in [2.45, 2.75) is 53.5 Å². The molecule has 1 aromatic rings. The Morgan fingerprint density at radius 1 is 1.10 bits per heavy atom. The third-order valence-corrected chi connectivity index (χ3v) is 5.08. The van der Waals surface area contributed by atoms with Crippen LogP contribution in [0.4, 0.5) is 0 Å². The Balaban J connectivity index is 3.00. The SMILES string of the molecule is CCCNC(CS(=O)CCC)c1c(C)cc(C)cc1C. The van der Waals surface area contributed by atoms with Crippen molar-refractivity contribution in [3.8, 4) is 0 Å². The number of benzene rings is 1. The van der Waals surface area contributed by atoms with E-state index in [1.54, 1.807) is 0 Å². The number of hydrogen-bond donors (Lipinski definition) is 1. The van der Waals surface area contributed by atoms with Crippen LogP contribution in [0.2, 0.25) is 0 Å². The standard InChI is InChI=1S/C17H29NOS/c1-6-8-18-16(12-20(19)9-7-2)17-14(4)10-13(3)11-15(17)5/h10-11,16,18H,6-9,12H2,1-5H3. The summed E-state index contributed by atoms with van der Waals surface area (Å²) in [4.78, 5) is 0. The zero-order valence-electron chi connectivity index (χ0n) is 13.6. The highest BCUT2D eigenvalue weighted by Gasteiger charge is 2.18. The molecule has 1 N–H and O–H groups in total. The zero-order valence-corrected chi connectivity index (χ0v) is 14.4. The summed E-state index contributed by atoms with van der Waals surface area (Å²) >= 11 is 0. The quantitative estimate of drug-likeness (QED) is 0.790. The maximum Gasteiger partial charge on any atom is 0.0442 e. The second-order valence-electron chi connectivity index (χ2n) is 5.63. The minimum atomic E-state index is -0.738. The van der Waals surface area contributed by atoms with Crippen LogP contribution in [0.5, 0.6) is 0 Å². The van der Waals surface area contributed by atoms with E-state index in [9.17, 15) is 4.21 Å². The molecule has 0 aliphatic rings. The maximum atomic E-state index is 12.2. The summed E-state index contributed by atoms with van der Waals surface area (Å²) in [5.74, 6) is 1.52. The lowest BCUT2D eigenvalue weighted by Gasteiger charge is -2.23. The minimum absolute atomic E-state index is 0.211. The van der Waals surface area contributed by atoms with Gasteiger partial charge in [0.1, 0.15) is 0 Å². The van der Waals surface area contributed by atoms with Crippen LogP contribution in [-0.2, 0) is 10.8 Å². The molecule has 0 aromatic heterocycles. The zero-order chi connectivity index (χ0) is 15.1. The van der Waals surface area contributed by atoms with E-state index in [1.165, 1.54) is 22.3 Å². The van der Waals surface area contributed by atoms with Gasteiger partial charge in [-0.3, -0.25) is 4.21 Å². The average molecular weight is 295 g/mol. The normalized spacial score (nSPS) is 14.2. The van der Waals surface area contributed by atoms with Gasteiger partial charge in [0.05, 0.1) is 0 Å². The maximum absolute atomic E-state index is 12.2. The molecule has 0 aliphatic carbocycles. The van der Waals surface area contributed by atoms with Crippen LogP contribution in [-0.4, -0.2) is 22.3 Å². The Kier molecular flexibility index (Phi) is 7.46. The summed E-state index contributed by atoms with van der Waals surface area (Å²) in [6.07, 6.45) is 2.08. The Hall–Kier alpha value is -0.670. The lowest BCUT2D eigenvalue weighted by atomic mass is 9.95. The number of hydrogen-bond acceptors (Lipinski definition) is 2. The highest BCUT2D eigenvalue weighted by molar-refractivity contribution is 7.85. The van der Waals surface area contributed by atoms with Gasteiger partial charge in [-0.2, -0.15) is 0 Å². The van der Waals surface area contributed by atoms with Crippen molar-refractivity contribution in [3.63, 3.8) is 0 Å². The minimum Gasteiger partial charge on any atom is -0.309 e. The predicted molar refractivity (Wildman–Crippen MR) is 89.9 cm³/mol. The molecule has 20 heavy (non-hydrogen) atoms. The van der Waals surface area contributed by atoms with Gasteiger partial charge in [-0.1, -0.05) is 31.5 Å². The number of rotatable bonds is 8. The molecule has 0 aliphatic heterocycles. The summed E-state index contributed by atoms with van der Waals surface area (Å²) in [5, 5.41) is 3.58. The highest BCUT2D eigenvalue weighted by atomic mass is 32.2. The van der Waals surface area contributed by atoms with E-state index in [4.69, 9.17) is 0 Å². The Morgan fingerprint density at radius 3 is 2.20 bits per heavy atom. The van der Waals surface area contributed by atoms with Crippen molar-refractivity contribution < 1.29 is 4.21 Å². The molecule has 0 spiro atoms. The molecule has 1 aromatic carbocycles. The van der Waals surface area contributed by atoms with Crippen LogP contribution in [0.15, 0.2) is 12.1 Å². The summed E-state index contributed by atoms with van der Waals surface area (Å²) < 4.78 is 12.2. The van der Waals surface area contributed by atoms with Crippen molar-refractivity contribution in [1.29, 1.82) is 0 Å². The molecular formula is C17H29NOS. The van der Waals surface area contributed by atoms with Gasteiger partial charge < -0.3 is 5.32 Å². The van der Waals surface area contributed by atoms with Crippen molar-refractivity contribution in [2.24, 2.45) is 0 Å². The fourth-order valence-electron chi connectivity index (χ4n) is 2.80. The highest BCUT2D eigenvalue weighted by Crippen LogP contribution is 2.24. The first-order valence-corrected chi connectivity index (χ1v) is 9.14. The van der Waals surface area contributed by atoms with Crippen LogP contribution < -0.4 is 5.32 Å². The molecule has 3 heteroatoms. The van der Waals surface area contributed by atoms with Gasteiger partial charge in [-0.05, 0) is 56.8 Å². The van der Waals surface area contributed by atoms with Crippen LogP contribution in [0.25, 0.3) is 0 Å². The van der Waals surface area contributed by atoms with E-state index in [0.717, 1.165) is 30.9 Å². The van der Waals surface area contributed by atoms with Gasteiger partial charge in [-0.25, -0.2) is 0 Å². The van der Waals surface area contributed by atoms with Crippen molar-refractivity contribution in [2.75, 3.05) is 18.1 Å². The van der Waals surface area contributed by atoms with E-state index >= 15 is 0 Å². The average Bonchev–Trinajstić information content (AvgIpc) is 2.34. The Morgan fingerprint density at radius 2 is 1.70 bits per heavy atom. The third kappa shape index (κ3) is 5.02. The molecule has 1 rings (SSSR count). The fourth-order valence-corrected chi connectivity index (χ4v) is 4.08. The third-order valence-electron chi connectivity index (χ3n) is 3.51. The smallest absolute Gasteiger partial charge is 0.0442 e. The van der Waals surface area contributed by atoms with Crippen molar-refractivity contribution in [1.82, 2.24) is 5.32 Å². The molecule has 0 saturated carbocycles. The number of nitrogens with one attached hydrogen (secondary N) is 1. The molecule has 0 heterocycles. The summed E-state index contributed by atoms with van der Waals surface area (Å²) in [6.45, 7) is 11.7. The molecule has 0 bridgehead atoms. The summed E-state index contributed by atoms with van der Waals surface area (Å²) in [5.41, 5.74) is 5.26. The number of aryl methyl sites for hydroxylation is 3. The Labute approximate surface area is 126 Å². The lowest BCUT2D eigenvalue weighted by Crippen LogP contribution is -2.29. The lowest BCUT2D eigenvalue weighted by molar-refractivity contribution is 0.565. The first-order chi connectivity index (χ1) is 9.49. The van der Waals surface area contributed by atoms with Gasteiger partial charge in [0, 0.05) is 28.3 Å². The van der Waals surface area contributed by atoms with E-state index < -0.39 is 10.8 Å².